The Morgan fingerprint density at radius 3 is 2.64 bits per heavy atom. The zero-order valence-electron chi connectivity index (χ0n) is 21.1. The van der Waals surface area contributed by atoms with Crippen LogP contribution in [0.2, 0.25) is 0 Å². The van der Waals surface area contributed by atoms with Crippen LogP contribution in [0.5, 0.6) is 0 Å². The zero-order chi connectivity index (χ0) is 25.1. The second-order valence-electron chi connectivity index (χ2n) is 10.4. The van der Waals surface area contributed by atoms with Gasteiger partial charge >= 0.3 is 5.97 Å². The quantitative estimate of drug-likeness (QED) is 0.513. The van der Waals surface area contributed by atoms with E-state index in [1.165, 1.54) is 16.7 Å². The molecule has 3 N–H and O–H groups in total. The van der Waals surface area contributed by atoms with Crippen LogP contribution >= 0.6 is 0 Å². The van der Waals surface area contributed by atoms with Gasteiger partial charge in [0.25, 0.3) is 0 Å². The SMILES string of the molecule is CC1CN(CC2CC(c3ccc(C=NC4NCCc5ccccc54)cc3)NO2)CC(C)N1CC(=O)O. The molecule has 2 saturated heterocycles. The van der Waals surface area contributed by atoms with E-state index in [1.807, 2.05) is 6.21 Å². The number of carboxylic acid groups (broad SMARTS) is 1. The minimum atomic E-state index is -0.762. The highest BCUT2D eigenvalue weighted by Crippen LogP contribution is 2.28. The van der Waals surface area contributed by atoms with Gasteiger partial charge in [0.2, 0.25) is 0 Å². The third kappa shape index (κ3) is 5.85. The number of aliphatic carboxylic acids is 1. The standard InChI is InChI=1S/C28H37N5O3/c1-19-15-32(16-20(2)33(19)18-27(34)35)17-24-13-26(31-36-24)23-9-7-21(8-10-23)14-30-28-25-6-4-3-5-22(25)11-12-29-28/h3-10,14,19-20,24,26,28-29,31H,11-13,15-18H2,1-2H3,(H,34,35). The van der Waals surface area contributed by atoms with Gasteiger partial charge in [0.1, 0.15) is 6.17 Å². The van der Waals surface area contributed by atoms with E-state index in [0.717, 1.165) is 44.6 Å². The molecule has 0 spiro atoms. The molecule has 2 aromatic carbocycles. The second kappa shape index (κ2) is 11.2. The van der Waals surface area contributed by atoms with Crippen LogP contribution < -0.4 is 10.8 Å². The Labute approximate surface area is 213 Å². The first-order chi connectivity index (χ1) is 17.5. The average Bonchev–Trinajstić information content (AvgIpc) is 3.33. The molecule has 8 heteroatoms. The highest BCUT2D eigenvalue weighted by Gasteiger charge is 2.34. The fourth-order valence-electron chi connectivity index (χ4n) is 5.81. The molecule has 5 atom stereocenters. The Bertz CT molecular complexity index is 1060. The van der Waals surface area contributed by atoms with Crippen LogP contribution in [-0.4, -0.2) is 78.0 Å². The molecule has 2 fully saturated rings. The third-order valence-corrected chi connectivity index (χ3v) is 7.63. The van der Waals surface area contributed by atoms with Crippen molar-refractivity contribution in [3.05, 3.63) is 70.8 Å². The molecule has 0 amide bonds. The number of aliphatic imine (C=N–C) groups is 1. The van der Waals surface area contributed by atoms with E-state index in [1.54, 1.807) is 0 Å². The van der Waals surface area contributed by atoms with Crippen LogP contribution in [0.25, 0.3) is 0 Å². The fraction of sp³-hybridized carbons (Fsp3) is 0.500. The number of piperazine rings is 1. The van der Waals surface area contributed by atoms with Gasteiger partial charge in [-0.15, -0.1) is 0 Å². The first-order valence-electron chi connectivity index (χ1n) is 13.0. The summed E-state index contributed by atoms with van der Waals surface area (Å²) in [6.07, 6.45) is 4.04. The summed E-state index contributed by atoms with van der Waals surface area (Å²) < 4.78 is 0. The summed E-state index contributed by atoms with van der Waals surface area (Å²) in [5, 5.41) is 12.7. The fourth-order valence-corrected chi connectivity index (χ4v) is 5.81. The van der Waals surface area contributed by atoms with Crippen LogP contribution in [0.4, 0.5) is 0 Å². The number of hydrogen-bond donors (Lipinski definition) is 3. The van der Waals surface area contributed by atoms with Crippen LogP contribution in [0.3, 0.4) is 0 Å². The topological polar surface area (TPSA) is 89.4 Å². The number of fused-ring (bicyclic) bond motifs is 1. The average molecular weight is 492 g/mol. The summed E-state index contributed by atoms with van der Waals surface area (Å²) in [4.78, 5) is 26.4. The lowest BCUT2D eigenvalue weighted by Crippen LogP contribution is -2.58. The highest BCUT2D eigenvalue weighted by atomic mass is 16.7. The molecule has 3 heterocycles. The summed E-state index contributed by atoms with van der Waals surface area (Å²) in [5.41, 5.74) is 8.16. The monoisotopic (exact) mass is 491 g/mol. The van der Waals surface area contributed by atoms with Gasteiger partial charge in [-0.2, -0.15) is 5.48 Å². The molecule has 36 heavy (non-hydrogen) atoms. The lowest BCUT2D eigenvalue weighted by Gasteiger charge is -2.44. The molecular formula is C28H37N5O3. The van der Waals surface area contributed by atoms with Crippen molar-refractivity contribution < 1.29 is 14.7 Å². The molecular weight excluding hydrogens is 454 g/mol. The van der Waals surface area contributed by atoms with E-state index < -0.39 is 5.97 Å². The van der Waals surface area contributed by atoms with E-state index in [0.29, 0.717) is 0 Å². The molecule has 8 nitrogen and oxygen atoms in total. The summed E-state index contributed by atoms with van der Waals surface area (Å²) in [7, 11) is 0. The van der Waals surface area contributed by atoms with Crippen molar-refractivity contribution in [2.45, 2.75) is 57.1 Å². The van der Waals surface area contributed by atoms with Gasteiger partial charge in [0.05, 0.1) is 18.7 Å². The maximum absolute atomic E-state index is 11.2. The minimum absolute atomic E-state index is 0.0108. The lowest BCUT2D eigenvalue weighted by molar-refractivity contribution is -0.140. The molecule has 0 aromatic heterocycles. The molecule has 192 valence electrons. The first kappa shape index (κ1) is 25.0. The van der Waals surface area contributed by atoms with Gasteiger partial charge in [0.15, 0.2) is 0 Å². The summed E-state index contributed by atoms with van der Waals surface area (Å²) in [6.45, 7) is 7.83. The Morgan fingerprint density at radius 1 is 1.14 bits per heavy atom. The van der Waals surface area contributed by atoms with E-state index in [-0.39, 0.29) is 36.9 Å². The van der Waals surface area contributed by atoms with Crippen molar-refractivity contribution in [2.24, 2.45) is 4.99 Å². The molecule has 3 aliphatic heterocycles. The van der Waals surface area contributed by atoms with E-state index in [2.05, 4.69) is 83.0 Å². The van der Waals surface area contributed by atoms with Crippen molar-refractivity contribution in [1.82, 2.24) is 20.6 Å². The van der Waals surface area contributed by atoms with E-state index >= 15 is 0 Å². The Hall–Kier alpha value is -2.62. The summed E-state index contributed by atoms with van der Waals surface area (Å²) in [6, 6.07) is 17.7. The van der Waals surface area contributed by atoms with Gasteiger partial charge in [0, 0.05) is 44.5 Å². The number of carbonyl (C=O) groups is 1. The van der Waals surface area contributed by atoms with Gasteiger partial charge in [-0.05, 0) is 48.9 Å². The molecule has 0 radical (unpaired) electrons. The van der Waals surface area contributed by atoms with Gasteiger partial charge in [-0.25, -0.2) is 0 Å². The van der Waals surface area contributed by atoms with Gasteiger partial charge in [-0.1, -0.05) is 48.5 Å². The van der Waals surface area contributed by atoms with Crippen molar-refractivity contribution >= 4 is 12.2 Å². The van der Waals surface area contributed by atoms with E-state index in [4.69, 9.17) is 9.83 Å². The van der Waals surface area contributed by atoms with Crippen molar-refractivity contribution in [2.75, 3.05) is 32.7 Å². The van der Waals surface area contributed by atoms with Crippen LogP contribution in [0.1, 0.15) is 54.7 Å². The predicted molar refractivity (Wildman–Crippen MR) is 140 cm³/mol. The zero-order valence-corrected chi connectivity index (χ0v) is 21.1. The molecule has 0 aliphatic carbocycles. The summed E-state index contributed by atoms with van der Waals surface area (Å²) in [5.74, 6) is -0.762. The predicted octanol–water partition coefficient (Wildman–Crippen LogP) is 2.76. The van der Waals surface area contributed by atoms with Crippen LogP contribution in [-0.2, 0) is 16.1 Å². The minimum Gasteiger partial charge on any atom is -0.480 e. The van der Waals surface area contributed by atoms with Crippen LogP contribution in [0.15, 0.2) is 53.5 Å². The molecule has 2 aromatic rings. The summed E-state index contributed by atoms with van der Waals surface area (Å²) >= 11 is 0. The molecule has 5 rings (SSSR count). The van der Waals surface area contributed by atoms with Crippen LogP contribution in [0, 0.1) is 0 Å². The van der Waals surface area contributed by atoms with Gasteiger partial charge < -0.3 is 5.11 Å². The molecule has 0 bridgehead atoms. The highest BCUT2D eigenvalue weighted by molar-refractivity contribution is 5.79. The number of hydroxylamine groups is 1. The maximum Gasteiger partial charge on any atom is 0.317 e. The Morgan fingerprint density at radius 2 is 1.89 bits per heavy atom. The first-order valence-corrected chi connectivity index (χ1v) is 13.0. The number of rotatable bonds is 7. The van der Waals surface area contributed by atoms with Crippen molar-refractivity contribution in [3.8, 4) is 0 Å². The number of nitrogens with one attached hydrogen (secondary N) is 2. The number of carboxylic acids is 1. The lowest BCUT2D eigenvalue weighted by atomic mass is 9.99. The Balaban J connectivity index is 1.13. The maximum atomic E-state index is 11.2. The molecule has 3 aliphatic rings. The largest absolute Gasteiger partial charge is 0.480 e. The Kier molecular flexibility index (Phi) is 7.79. The third-order valence-electron chi connectivity index (χ3n) is 7.63. The number of nitrogens with zero attached hydrogens (tertiary/aromatic N) is 3. The van der Waals surface area contributed by atoms with Gasteiger partial charge in [-0.3, -0.25) is 29.7 Å². The molecule has 5 unspecified atom stereocenters. The normalized spacial score (nSPS) is 29.4. The van der Waals surface area contributed by atoms with Crippen molar-refractivity contribution in [1.29, 1.82) is 0 Å². The second-order valence-corrected chi connectivity index (χ2v) is 10.4. The molecule has 0 saturated carbocycles. The number of benzene rings is 2. The van der Waals surface area contributed by atoms with Crippen molar-refractivity contribution in [3.63, 3.8) is 0 Å². The number of hydrogen-bond acceptors (Lipinski definition) is 7. The van der Waals surface area contributed by atoms with E-state index in [9.17, 15) is 9.90 Å². The smallest absolute Gasteiger partial charge is 0.317 e.